The molecule has 0 radical (unpaired) electrons. The molecule has 2 heterocycles. The molecule has 2 N–H and O–H groups in total. The molecule has 2 aromatic heterocycles. The summed E-state index contributed by atoms with van der Waals surface area (Å²) in [6, 6.07) is 10.7. The van der Waals surface area contributed by atoms with Gasteiger partial charge in [0.1, 0.15) is 6.26 Å². The summed E-state index contributed by atoms with van der Waals surface area (Å²) >= 11 is -1.32. The molecule has 3 aromatic rings. The van der Waals surface area contributed by atoms with E-state index in [1.54, 1.807) is 29.8 Å². The second kappa shape index (κ2) is 6.17. The molecule has 0 aliphatic carbocycles. The van der Waals surface area contributed by atoms with Gasteiger partial charge < -0.3 is 4.55 Å². The Morgan fingerprint density at radius 3 is 2.62 bits per heavy atom. The number of benzene rings is 1. The van der Waals surface area contributed by atoms with Crippen LogP contribution in [-0.2, 0) is 21.2 Å². The lowest BCUT2D eigenvalue weighted by atomic mass is 10.0. The van der Waals surface area contributed by atoms with Crippen LogP contribution in [0.2, 0.25) is 0 Å². The first kappa shape index (κ1) is 16.9. The molecule has 2 atom stereocenters. The van der Waals surface area contributed by atoms with E-state index in [0.29, 0.717) is 16.8 Å². The van der Waals surface area contributed by atoms with Crippen LogP contribution in [0.1, 0.15) is 17.7 Å². The summed E-state index contributed by atoms with van der Waals surface area (Å²) in [7, 11) is -3.73. The number of rotatable bonds is 4. The van der Waals surface area contributed by atoms with Crippen LogP contribution in [0.4, 0.5) is 0 Å². The lowest BCUT2D eigenvalue weighted by Gasteiger charge is -2.14. The maximum atomic E-state index is 11.8. The van der Waals surface area contributed by atoms with Gasteiger partial charge in [0, 0.05) is 16.7 Å². The minimum Gasteiger partial charge on any atom is -0.609 e. The highest BCUT2D eigenvalue weighted by Crippen LogP contribution is 2.32. The Morgan fingerprint density at radius 2 is 1.96 bits per heavy atom. The van der Waals surface area contributed by atoms with E-state index in [0.717, 1.165) is 5.52 Å². The molecule has 0 aliphatic heterocycles. The van der Waals surface area contributed by atoms with Crippen LogP contribution >= 0.6 is 0 Å². The van der Waals surface area contributed by atoms with E-state index in [2.05, 4.69) is 10.1 Å². The predicted octanol–water partition coefficient (Wildman–Crippen LogP) is 1.48. The van der Waals surface area contributed by atoms with Gasteiger partial charge in [-0.25, -0.2) is 18.1 Å². The molecule has 1 aromatic carbocycles. The molecule has 0 amide bonds. The van der Waals surface area contributed by atoms with Crippen LogP contribution in [0.3, 0.4) is 0 Å². The van der Waals surface area contributed by atoms with Crippen molar-refractivity contribution in [3.05, 3.63) is 48.2 Å². The van der Waals surface area contributed by atoms with Gasteiger partial charge in [0.15, 0.2) is 0 Å². The number of nitrogens with two attached hydrogens (primary N) is 1. The summed E-state index contributed by atoms with van der Waals surface area (Å²) in [4.78, 5) is 4.06. The van der Waals surface area contributed by atoms with Crippen LogP contribution in [-0.4, -0.2) is 33.8 Å². The molecule has 0 spiro atoms. The minimum absolute atomic E-state index is 0.205. The molecule has 126 valence electrons. The fourth-order valence-electron chi connectivity index (χ4n) is 2.48. The Morgan fingerprint density at radius 1 is 1.25 bits per heavy atom. The standard InChI is InChI=1S/C15H16N4O3S2/c1-10(24(16,21)22)12-5-3-4-6-13(12)14-8-7-11-9-17-15(23(2)20)18-19(11)14/h3-10H,1-2H3,(H2,16,21,22). The number of aromatic nitrogens is 3. The highest BCUT2D eigenvalue weighted by molar-refractivity contribution is 7.90. The van der Waals surface area contributed by atoms with Crippen LogP contribution < -0.4 is 5.14 Å². The molecule has 0 fully saturated rings. The zero-order chi connectivity index (χ0) is 17.5. The van der Waals surface area contributed by atoms with Crippen LogP contribution in [0.15, 0.2) is 47.8 Å². The first-order valence-electron chi connectivity index (χ1n) is 7.08. The van der Waals surface area contributed by atoms with Crippen molar-refractivity contribution in [1.82, 2.24) is 14.6 Å². The minimum atomic E-state index is -3.73. The number of fused-ring (bicyclic) bond motifs is 1. The van der Waals surface area contributed by atoms with Crippen molar-refractivity contribution in [3.63, 3.8) is 0 Å². The fourth-order valence-corrected chi connectivity index (χ4v) is 3.44. The van der Waals surface area contributed by atoms with Crippen molar-refractivity contribution < 1.29 is 13.0 Å². The molecule has 7 nitrogen and oxygen atoms in total. The average molecular weight is 364 g/mol. The van der Waals surface area contributed by atoms with Crippen molar-refractivity contribution in [2.24, 2.45) is 5.14 Å². The van der Waals surface area contributed by atoms with Gasteiger partial charge in [0.25, 0.3) is 0 Å². The summed E-state index contributed by atoms with van der Waals surface area (Å²) in [5.41, 5.74) is 2.69. The van der Waals surface area contributed by atoms with Crippen molar-refractivity contribution >= 4 is 26.7 Å². The molecule has 24 heavy (non-hydrogen) atoms. The maximum absolute atomic E-state index is 11.8. The third-order valence-electron chi connectivity index (χ3n) is 3.80. The molecule has 3 rings (SSSR count). The molecule has 0 aliphatic rings. The third-order valence-corrected chi connectivity index (χ3v) is 5.74. The Bertz CT molecular complexity index is 999. The number of hydrogen-bond donors (Lipinski definition) is 1. The van der Waals surface area contributed by atoms with E-state index in [4.69, 9.17) is 5.14 Å². The first-order chi connectivity index (χ1) is 11.3. The normalized spacial score (nSPS) is 14.7. The second-order valence-corrected chi connectivity index (χ2v) is 8.53. The summed E-state index contributed by atoms with van der Waals surface area (Å²) in [6.45, 7) is 1.55. The SMILES string of the molecule is CC(c1ccccc1-c1ccc2cnc([S+](C)[O-])nn12)S(N)(=O)=O. The van der Waals surface area contributed by atoms with Gasteiger partial charge in [-0.05, 0) is 24.6 Å². The largest absolute Gasteiger partial charge is 0.609 e. The van der Waals surface area contributed by atoms with Gasteiger partial charge >= 0.3 is 5.16 Å². The Kier molecular flexibility index (Phi) is 4.35. The lowest BCUT2D eigenvalue weighted by molar-refractivity contribution is 0.586. The molecular formula is C15H16N4O3S2. The topological polar surface area (TPSA) is 113 Å². The van der Waals surface area contributed by atoms with Gasteiger partial charge in [-0.1, -0.05) is 29.4 Å². The Hall–Kier alpha value is -1.94. The van der Waals surface area contributed by atoms with Gasteiger partial charge in [-0.15, -0.1) is 0 Å². The molecule has 0 bridgehead atoms. The zero-order valence-electron chi connectivity index (χ0n) is 13.1. The van der Waals surface area contributed by atoms with Crippen molar-refractivity contribution in [1.29, 1.82) is 0 Å². The molecule has 2 unspecified atom stereocenters. The van der Waals surface area contributed by atoms with Crippen LogP contribution in [0.5, 0.6) is 0 Å². The van der Waals surface area contributed by atoms with E-state index in [1.165, 1.54) is 6.26 Å². The summed E-state index contributed by atoms with van der Waals surface area (Å²) < 4.78 is 36.8. The molecular weight excluding hydrogens is 348 g/mol. The van der Waals surface area contributed by atoms with E-state index < -0.39 is 26.4 Å². The third kappa shape index (κ3) is 3.03. The Labute approximate surface area is 142 Å². The zero-order valence-corrected chi connectivity index (χ0v) is 14.7. The molecule has 9 heteroatoms. The second-order valence-electron chi connectivity index (χ2n) is 5.37. The van der Waals surface area contributed by atoms with E-state index in [-0.39, 0.29) is 5.16 Å². The quantitative estimate of drug-likeness (QED) is 0.705. The van der Waals surface area contributed by atoms with E-state index in [9.17, 15) is 13.0 Å². The van der Waals surface area contributed by atoms with Gasteiger partial charge in [-0.3, -0.25) is 0 Å². The molecule has 0 saturated carbocycles. The highest BCUT2D eigenvalue weighted by atomic mass is 32.2. The summed E-state index contributed by atoms with van der Waals surface area (Å²) in [6.07, 6.45) is 3.08. The van der Waals surface area contributed by atoms with Crippen molar-refractivity contribution in [3.8, 4) is 11.3 Å². The summed E-state index contributed by atoms with van der Waals surface area (Å²) in [5, 5.41) is 8.95. The van der Waals surface area contributed by atoms with E-state index in [1.807, 2.05) is 24.3 Å². The maximum Gasteiger partial charge on any atom is 0.359 e. The van der Waals surface area contributed by atoms with Gasteiger partial charge in [0.05, 0.1) is 22.7 Å². The summed E-state index contributed by atoms with van der Waals surface area (Å²) in [5.74, 6) is 0. The number of hydrogen-bond acceptors (Lipinski definition) is 5. The number of sulfonamides is 1. The molecule has 0 saturated heterocycles. The van der Waals surface area contributed by atoms with E-state index >= 15 is 0 Å². The van der Waals surface area contributed by atoms with Crippen molar-refractivity contribution in [2.45, 2.75) is 17.3 Å². The number of nitrogens with zero attached hydrogens (tertiary/aromatic N) is 3. The first-order valence-corrected chi connectivity index (χ1v) is 10.2. The fraction of sp³-hybridized carbons (Fsp3) is 0.200. The van der Waals surface area contributed by atoms with Crippen LogP contribution in [0.25, 0.3) is 16.8 Å². The smallest absolute Gasteiger partial charge is 0.359 e. The predicted molar refractivity (Wildman–Crippen MR) is 92.3 cm³/mol. The monoisotopic (exact) mass is 364 g/mol. The highest BCUT2D eigenvalue weighted by Gasteiger charge is 2.23. The van der Waals surface area contributed by atoms with Gasteiger partial charge in [0.2, 0.25) is 10.0 Å². The lowest BCUT2D eigenvalue weighted by Crippen LogP contribution is -2.20. The van der Waals surface area contributed by atoms with Crippen molar-refractivity contribution in [2.75, 3.05) is 6.26 Å². The Balaban J connectivity index is 2.24. The van der Waals surface area contributed by atoms with Gasteiger partial charge in [-0.2, -0.15) is 4.98 Å². The average Bonchev–Trinajstić information content (AvgIpc) is 2.96. The van der Waals surface area contributed by atoms with Crippen LogP contribution in [0, 0.1) is 0 Å². The number of primary sulfonamides is 1.